The van der Waals surface area contributed by atoms with Gasteiger partial charge in [0.25, 0.3) is 5.91 Å². The lowest BCUT2D eigenvalue weighted by atomic mass is 10.1. The number of nitrogens with zero attached hydrogens (tertiary/aromatic N) is 2. The lowest BCUT2D eigenvalue weighted by molar-refractivity contribution is 0.0958. The van der Waals surface area contributed by atoms with Crippen molar-refractivity contribution in [3.05, 3.63) is 35.4 Å². The van der Waals surface area contributed by atoms with E-state index in [1.165, 1.54) is 0 Å². The summed E-state index contributed by atoms with van der Waals surface area (Å²) in [5.74, 6) is -0.309. The minimum absolute atomic E-state index is 0.0150. The molecule has 0 atom stereocenters. The maximum atomic E-state index is 11.3. The molecule has 14 heavy (non-hydrogen) atoms. The normalized spacial score (nSPS) is 8.43. The van der Waals surface area contributed by atoms with Gasteiger partial charge in [-0.3, -0.25) is 4.79 Å². The summed E-state index contributed by atoms with van der Waals surface area (Å²) in [5, 5.41) is 19.2. The second-order valence-corrected chi connectivity index (χ2v) is 2.53. The van der Waals surface area contributed by atoms with Crippen LogP contribution in [0.1, 0.15) is 15.9 Å². The highest BCUT2D eigenvalue weighted by Gasteiger charge is 2.03. The summed E-state index contributed by atoms with van der Waals surface area (Å²) in [4.78, 5) is 11.3. The molecule has 0 aliphatic heterocycles. The molecule has 0 aromatic heterocycles. The Kier molecular flexibility index (Phi) is 3.23. The van der Waals surface area contributed by atoms with E-state index in [1.807, 2.05) is 6.07 Å². The van der Waals surface area contributed by atoms with Gasteiger partial charge in [-0.25, -0.2) is 0 Å². The van der Waals surface area contributed by atoms with Crippen LogP contribution >= 0.6 is 0 Å². The molecule has 0 aliphatic rings. The van der Waals surface area contributed by atoms with Gasteiger partial charge in [0, 0.05) is 5.56 Å². The third-order valence-electron chi connectivity index (χ3n) is 1.60. The number of hydrogen-bond acceptors (Lipinski definition) is 3. The smallest absolute Gasteiger partial charge is 0.252 e. The number of rotatable bonds is 2. The van der Waals surface area contributed by atoms with E-state index in [1.54, 1.807) is 30.3 Å². The first-order chi connectivity index (χ1) is 6.77. The molecule has 0 fully saturated rings. The maximum Gasteiger partial charge on any atom is 0.252 e. The van der Waals surface area contributed by atoms with Crippen molar-refractivity contribution in [1.82, 2.24) is 5.32 Å². The molecule has 1 N–H and O–H groups in total. The van der Waals surface area contributed by atoms with Crippen molar-refractivity contribution in [3.8, 4) is 12.1 Å². The molecule has 0 unspecified atom stereocenters. The molecule has 0 heterocycles. The van der Waals surface area contributed by atoms with Crippen LogP contribution in [0.5, 0.6) is 0 Å². The number of hydrogen-bond donors (Lipinski definition) is 1. The van der Waals surface area contributed by atoms with Gasteiger partial charge in [-0.2, -0.15) is 10.5 Å². The average Bonchev–Trinajstić information content (AvgIpc) is 2.26. The van der Waals surface area contributed by atoms with Crippen molar-refractivity contribution >= 4 is 5.91 Å². The van der Waals surface area contributed by atoms with E-state index in [2.05, 4.69) is 5.32 Å². The summed E-state index contributed by atoms with van der Waals surface area (Å²) in [6, 6.07) is 9.97. The molecule has 4 heteroatoms. The van der Waals surface area contributed by atoms with Crippen LogP contribution in [0.2, 0.25) is 0 Å². The number of nitrogens with one attached hydrogen (secondary N) is 1. The SMILES string of the molecule is N#CCNC(=O)c1ccc(C#N)cc1. The van der Waals surface area contributed by atoms with E-state index in [9.17, 15) is 4.79 Å². The lowest BCUT2D eigenvalue weighted by Gasteiger charge is -1.99. The van der Waals surface area contributed by atoms with Gasteiger partial charge in [0.2, 0.25) is 0 Å². The van der Waals surface area contributed by atoms with Crippen LogP contribution in [0.15, 0.2) is 24.3 Å². The van der Waals surface area contributed by atoms with E-state index in [0.717, 1.165) is 0 Å². The van der Waals surface area contributed by atoms with Crippen LogP contribution < -0.4 is 5.32 Å². The van der Waals surface area contributed by atoms with Crippen LogP contribution in [0.3, 0.4) is 0 Å². The van der Waals surface area contributed by atoms with Crippen molar-refractivity contribution in [2.45, 2.75) is 0 Å². The van der Waals surface area contributed by atoms with E-state index in [4.69, 9.17) is 10.5 Å². The highest BCUT2D eigenvalue weighted by Crippen LogP contribution is 2.02. The Balaban J connectivity index is 2.74. The second kappa shape index (κ2) is 4.64. The van der Waals surface area contributed by atoms with Crippen molar-refractivity contribution in [1.29, 1.82) is 10.5 Å². The van der Waals surface area contributed by atoms with E-state index in [-0.39, 0.29) is 12.5 Å². The monoisotopic (exact) mass is 185 g/mol. The zero-order valence-corrected chi connectivity index (χ0v) is 7.32. The highest BCUT2D eigenvalue weighted by atomic mass is 16.1. The van der Waals surface area contributed by atoms with Gasteiger partial charge in [0.15, 0.2) is 0 Å². The zero-order valence-electron chi connectivity index (χ0n) is 7.32. The highest BCUT2D eigenvalue weighted by molar-refractivity contribution is 5.94. The molecule has 1 amide bonds. The molecule has 1 aromatic carbocycles. The largest absolute Gasteiger partial charge is 0.339 e. The van der Waals surface area contributed by atoms with Gasteiger partial charge in [0.1, 0.15) is 6.54 Å². The standard InChI is InChI=1S/C10H7N3O/c11-5-6-13-10(14)9-3-1-8(7-12)2-4-9/h1-4H,6H2,(H,13,14). The molecular formula is C10H7N3O. The number of carbonyl (C=O) groups is 1. The summed E-state index contributed by atoms with van der Waals surface area (Å²) >= 11 is 0. The first-order valence-electron chi connectivity index (χ1n) is 3.93. The van der Waals surface area contributed by atoms with Crippen LogP contribution in [-0.2, 0) is 0 Å². The Morgan fingerprint density at radius 1 is 1.29 bits per heavy atom. The minimum Gasteiger partial charge on any atom is -0.339 e. The predicted molar refractivity (Wildman–Crippen MR) is 49.1 cm³/mol. The third-order valence-corrected chi connectivity index (χ3v) is 1.60. The second-order valence-electron chi connectivity index (χ2n) is 2.53. The van der Waals surface area contributed by atoms with Crippen molar-refractivity contribution < 1.29 is 4.79 Å². The van der Waals surface area contributed by atoms with E-state index in [0.29, 0.717) is 11.1 Å². The van der Waals surface area contributed by atoms with Crippen molar-refractivity contribution in [2.75, 3.05) is 6.54 Å². The molecule has 4 nitrogen and oxygen atoms in total. The molecule has 0 aliphatic carbocycles. The van der Waals surface area contributed by atoms with Gasteiger partial charge in [0.05, 0.1) is 17.7 Å². The Morgan fingerprint density at radius 2 is 1.93 bits per heavy atom. The fraction of sp³-hybridized carbons (Fsp3) is 0.100. The van der Waals surface area contributed by atoms with Gasteiger partial charge >= 0.3 is 0 Å². The fourth-order valence-electron chi connectivity index (χ4n) is 0.918. The summed E-state index contributed by atoms with van der Waals surface area (Å²) in [6.45, 7) is -0.0150. The summed E-state index contributed by atoms with van der Waals surface area (Å²) in [7, 11) is 0. The molecule has 0 saturated heterocycles. The Morgan fingerprint density at radius 3 is 2.43 bits per heavy atom. The van der Waals surface area contributed by atoms with E-state index >= 15 is 0 Å². The minimum atomic E-state index is -0.309. The van der Waals surface area contributed by atoms with Crippen molar-refractivity contribution in [2.24, 2.45) is 0 Å². The molecule has 0 bridgehead atoms. The summed E-state index contributed by atoms with van der Waals surface area (Å²) in [6.07, 6.45) is 0. The Bertz CT molecular complexity index is 408. The maximum absolute atomic E-state index is 11.3. The van der Waals surface area contributed by atoms with Crippen LogP contribution in [-0.4, -0.2) is 12.5 Å². The van der Waals surface area contributed by atoms with E-state index < -0.39 is 0 Å². The topological polar surface area (TPSA) is 76.7 Å². The number of amides is 1. The van der Waals surface area contributed by atoms with Gasteiger partial charge < -0.3 is 5.32 Å². The van der Waals surface area contributed by atoms with Gasteiger partial charge in [-0.05, 0) is 24.3 Å². The molecule has 1 aromatic rings. The molecule has 1 rings (SSSR count). The first kappa shape index (κ1) is 9.76. The summed E-state index contributed by atoms with van der Waals surface area (Å²) < 4.78 is 0. The number of benzene rings is 1. The molecular weight excluding hydrogens is 178 g/mol. The fourth-order valence-corrected chi connectivity index (χ4v) is 0.918. The molecule has 0 spiro atoms. The molecule has 0 saturated carbocycles. The van der Waals surface area contributed by atoms with Crippen LogP contribution in [0, 0.1) is 22.7 Å². The Labute approximate surface area is 81.4 Å². The van der Waals surface area contributed by atoms with Crippen molar-refractivity contribution in [3.63, 3.8) is 0 Å². The average molecular weight is 185 g/mol. The van der Waals surface area contributed by atoms with Crippen LogP contribution in [0.25, 0.3) is 0 Å². The molecule has 0 radical (unpaired) electrons. The Hall–Kier alpha value is -2.33. The zero-order chi connectivity index (χ0) is 10.4. The summed E-state index contributed by atoms with van der Waals surface area (Å²) in [5.41, 5.74) is 0.945. The van der Waals surface area contributed by atoms with Gasteiger partial charge in [-0.1, -0.05) is 0 Å². The molecule has 68 valence electrons. The predicted octanol–water partition coefficient (Wildman–Crippen LogP) is 0.812. The first-order valence-corrected chi connectivity index (χ1v) is 3.93. The third kappa shape index (κ3) is 2.33. The quantitative estimate of drug-likeness (QED) is 0.692. The lowest BCUT2D eigenvalue weighted by Crippen LogP contribution is -2.23. The number of nitriles is 2. The number of carbonyl (C=O) groups excluding carboxylic acids is 1. The van der Waals surface area contributed by atoms with Gasteiger partial charge in [-0.15, -0.1) is 0 Å². The van der Waals surface area contributed by atoms with Crippen LogP contribution in [0.4, 0.5) is 0 Å².